The first-order chi connectivity index (χ1) is 14.4. The summed E-state index contributed by atoms with van der Waals surface area (Å²) in [5.41, 5.74) is -0.270. The van der Waals surface area contributed by atoms with Gasteiger partial charge in [-0.15, -0.1) is 0 Å². The van der Waals surface area contributed by atoms with Crippen molar-refractivity contribution in [1.82, 2.24) is 10.2 Å². The SMILES string of the molecule is CCN(C(=O)C(C)OC(=O)[C@H](C)NC(=O)c1cccc([N+](=O)[O-])c1)C1CCS(=O)(=O)C1. The van der Waals surface area contributed by atoms with Crippen LogP contribution in [0.4, 0.5) is 5.69 Å². The highest BCUT2D eigenvalue weighted by atomic mass is 32.2. The predicted molar refractivity (Wildman–Crippen MR) is 110 cm³/mol. The number of amides is 2. The number of carbonyl (C=O) groups excluding carboxylic acids is 3. The third kappa shape index (κ3) is 6.23. The van der Waals surface area contributed by atoms with Crippen molar-refractivity contribution in [2.24, 2.45) is 0 Å². The number of benzene rings is 1. The van der Waals surface area contributed by atoms with E-state index in [4.69, 9.17) is 4.74 Å². The molecule has 2 unspecified atom stereocenters. The molecule has 1 aliphatic heterocycles. The summed E-state index contributed by atoms with van der Waals surface area (Å²) in [4.78, 5) is 48.8. The first-order valence-corrected chi connectivity index (χ1v) is 11.5. The van der Waals surface area contributed by atoms with Crippen molar-refractivity contribution in [3.8, 4) is 0 Å². The Hall–Kier alpha value is -3.02. The second kappa shape index (κ2) is 9.86. The van der Waals surface area contributed by atoms with Crippen LogP contribution in [0.2, 0.25) is 0 Å². The number of nitrogens with zero attached hydrogens (tertiary/aromatic N) is 2. The van der Waals surface area contributed by atoms with Crippen LogP contribution < -0.4 is 5.32 Å². The summed E-state index contributed by atoms with van der Waals surface area (Å²) in [6.07, 6.45) is -0.842. The molecule has 1 aromatic carbocycles. The van der Waals surface area contributed by atoms with Crippen LogP contribution in [0.25, 0.3) is 0 Å². The molecule has 1 aromatic rings. The summed E-state index contributed by atoms with van der Waals surface area (Å²) in [7, 11) is -3.19. The number of rotatable bonds is 8. The Kier molecular flexibility index (Phi) is 7.71. The average Bonchev–Trinajstić information content (AvgIpc) is 3.07. The topological polar surface area (TPSA) is 153 Å². The molecule has 0 aromatic heterocycles. The van der Waals surface area contributed by atoms with Gasteiger partial charge in [-0.3, -0.25) is 19.7 Å². The third-order valence-electron chi connectivity index (χ3n) is 4.93. The first kappa shape index (κ1) is 24.3. The number of ether oxygens (including phenoxy) is 1. The fourth-order valence-electron chi connectivity index (χ4n) is 3.28. The van der Waals surface area contributed by atoms with Crippen molar-refractivity contribution >= 4 is 33.3 Å². The zero-order valence-corrected chi connectivity index (χ0v) is 18.3. The number of hydrogen-bond donors (Lipinski definition) is 1. The van der Waals surface area contributed by atoms with Crippen molar-refractivity contribution < 1.29 is 32.5 Å². The largest absolute Gasteiger partial charge is 0.451 e. The van der Waals surface area contributed by atoms with E-state index >= 15 is 0 Å². The van der Waals surface area contributed by atoms with Gasteiger partial charge < -0.3 is 15.0 Å². The number of likely N-dealkylation sites (N-methyl/N-ethyl adjacent to an activating group) is 1. The van der Waals surface area contributed by atoms with E-state index in [1.54, 1.807) is 6.92 Å². The van der Waals surface area contributed by atoms with Crippen molar-refractivity contribution in [3.63, 3.8) is 0 Å². The van der Waals surface area contributed by atoms with E-state index in [0.29, 0.717) is 6.42 Å². The molecular weight excluding hydrogens is 430 g/mol. The molecule has 0 bridgehead atoms. The van der Waals surface area contributed by atoms with Crippen LogP contribution in [0.3, 0.4) is 0 Å². The number of sulfone groups is 1. The summed E-state index contributed by atoms with van der Waals surface area (Å²) in [6.45, 7) is 4.70. The standard InChI is InChI=1S/C19H25N3O8S/c1-4-21(16-8-9-31(28,29)11-16)18(24)13(3)30-19(25)12(2)20-17(23)14-6-5-7-15(10-14)22(26)27/h5-7,10,12-13,16H,4,8-9,11H2,1-3H3,(H,20,23)/t12-,13?,16?/m0/s1. The van der Waals surface area contributed by atoms with E-state index in [1.165, 1.54) is 36.9 Å². The molecule has 1 fully saturated rings. The molecule has 1 N–H and O–H groups in total. The molecule has 1 aliphatic rings. The number of esters is 1. The molecule has 11 nitrogen and oxygen atoms in total. The maximum absolute atomic E-state index is 12.7. The maximum atomic E-state index is 12.7. The molecule has 12 heteroatoms. The molecule has 1 saturated heterocycles. The monoisotopic (exact) mass is 455 g/mol. The Balaban J connectivity index is 1.96. The van der Waals surface area contributed by atoms with Gasteiger partial charge in [0.1, 0.15) is 6.04 Å². The quantitative estimate of drug-likeness (QED) is 0.341. The number of nitro groups is 1. The summed E-state index contributed by atoms with van der Waals surface area (Å²) in [6, 6.07) is 3.44. The highest BCUT2D eigenvalue weighted by Crippen LogP contribution is 2.19. The van der Waals surface area contributed by atoms with Crippen LogP contribution in [-0.2, 0) is 24.2 Å². The zero-order valence-electron chi connectivity index (χ0n) is 17.4. The van der Waals surface area contributed by atoms with E-state index in [9.17, 15) is 32.9 Å². The molecule has 2 amide bonds. The fraction of sp³-hybridized carbons (Fsp3) is 0.526. The van der Waals surface area contributed by atoms with E-state index < -0.39 is 50.7 Å². The lowest BCUT2D eigenvalue weighted by Crippen LogP contribution is -2.48. The average molecular weight is 455 g/mol. The van der Waals surface area contributed by atoms with Crippen LogP contribution in [0.1, 0.15) is 37.6 Å². The molecule has 31 heavy (non-hydrogen) atoms. The summed E-state index contributed by atoms with van der Waals surface area (Å²) in [5.74, 6) is -2.21. The highest BCUT2D eigenvalue weighted by Gasteiger charge is 2.36. The smallest absolute Gasteiger partial charge is 0.329 e. The van der Waals surface area contributed by atoms with E-state index in [0.717, 1.165) is 6.07 Å². The third-order valence-corrected chi connectivity index (χ3v) is 6.68. The summed E-state index contributed by atoms with van der Waals surface area (Å²) < 4.78 is 28.6. The van der Waals surface area contributed by atoms with Crippen LogP contribution in [0.15, 0.2) is 24.3 Å². The second-order valence-electron chi connectivity index (χ2n) is 7.26. The minimum absolute atomic E-state index is 0.00224. The van der Waals surface area contributed by atoms with E-state index in [1.807, 2.05) is 0 Å². The van der Waals surface area contributed by atoms with Crippen LogP contribution >= 0.6 is 0 Å². The minimum Gasteiger partial charge on any atom is -0.451 e. The molecule has 2 rings (SSSR count). The molecule has 170 valence electrons. The van der Waals surface area contributed by atoms with Crippen LogP contribution in [0.5, 0.6) is 0 Å². The first-order valence-electron chi connectivity index (χ1n) is 9.72. The fourth-order valence-corrected chi connectivity index (χ4v) is 5.01. The molecular formula is C19H25N3O8S. The Morgan fingerprint density at radius 3 is 2.55 bits per heavy atom. The van der Waals surface area contributed by atoms with Gasteiger partial charge in [0.05, 0.1) is 16.4 Å². The Morgan fingerprint density at radius 2 is 2.00 bits per heavy atom. The Labute approximate surface area is 179 Å². The Morgan fingerprint density at radius 1 is 1.32 bits per heavy atom. The lowest BCUT2D eigenvalue weighted by molar-refractivity contribution is -0.384. The number of nitro benzene ring substituents is 1. The van der Waals surface area contributed by atoms with Crippen molar-refractivity contribution in [3.05, 3.63) is 39.9 Å². The van der Waals surface area contributed by atoms with Gasteiger partial charge in [0.2, 0.25) is 0 Å². The summed E-state index contributed by atoms with van der Waals surface area (Å²) in [5, 5.41) is 13.2. The normalized spacial score (nSPS) is 19.1. The van der Waals surface area contributed by atoms with Crippen molar-refractivity contribution in [2.45, 2.75) is 45.4 Å². The lowest BCUT2D eigenvalue weighted by Gasteiger charge is -2.29. The second-order valence-corrected chi connectivity index (χ2v) is 9.49. The van der Waals surface area contributed by atoms with E-state index in [-0.39, 0.29) is 29.3 Å². The van der Waals surface area contributed by atoms with Gasteiger partial charge >= 0.3 is 5.97 Å². The number of carbonyl (C=O) groups is 3. The molecule has 0 aliphatic carbocycles. The molecule has 0 saturated carbocycles. The molecule has 1 heterocycles. The Bertz CT molecular complexity index is 978. The minimum atomic E-state index is -3.19. The molecule has 0 spiro atoms. The van der Waals surface area contributed by atoms with Gasteiger partial charge in [0, 0.05) is 30.3 Å². The number of non-ortho nitro benzene ring substituents is 1. The van der Waals surface area contributed by atoms with Crippen molar-refractivity contribution in [2.75, 3.05) is 18.1 Å². The summed E-state index contributed by atoms with van der Waals surface area (Å²) >= 11 is 0. The lowest BCUT2D eigenvalue weighted by atomic mass is 10.1. The van der Waals surface area contributed by atoms with Crippen molar-refractivity contribution in [1.29, 1.82) is 0 Å². The van der Waals surface area contributed by atoms with Gasteiger partial charge in [-0.1, -0.05) is 6.07 Å². The zero-order chi connectivity index (χ0) is 23.3. The number of nitrogens with one attached hydrogen (secondary N) is 1. The molecule has 3 atom stereocenters. The van der Waals surface area contributed by atoms with Gasteiger partial charge in [-0.2, -0.15) is 0 Å². The molecule has 0 radical (unpaired) electrons. The highest BCUT2D eigenvalue weighted by molar-refractivity contribution is 7.91. The maximum Gasteiger partial charge on any atom is 0.329 e. The van der Waals surface area contributed by atoms with Crippen LogP contribution in [0, 0.1) is 10.1 Å². The predicted octanol–water partition coefficient (Wildman–Crippen LogP) is 0.680. The van der Waals surface area contributed by atoms with Gasteiger partial charge in [0.25, 0.3) is 17.5 Å². The van der Waals surface area contributed by atoms with Gasteiger partial charge in [-0.05, 0) is 33.3 Å². The van der Waals surface area contributed by atoms with Crippen LogP contribution in [-0.4, -0.2) is 72.3 Å². The van der Waals surface area contributed by atoms with Gasteiger partial charge in [-0.25, -0.2) is 13.2 Å². The van der Waals surface area contributed by atoms with Gasteiger partial charge in [0.15, 0.2) is 15.9 Å². The number of hydrogen-bond acceptors (Lipinski definition) is 8. The van der Waals surface area contributed by atoms with E-state index in [2.05, 4.69) is 5.32 Å².